The molecule has 0 unspecified atom stereocenters. The van der Waals surface area contributed by atoms with E-state index in [0.29, 0.717) is 4.53 Å². The lowest BCUT2D eigenvalue weighted by atomic mass is 10.1. The van der Waals surface area contributed by atoms with Crippen LogP contribution in [-0.2, 0) is 10.0 Å². The van der Waals surface area contributed by atoms with Gasteiger partial charge in [-0.3, -0.25) is 0 Å². The highest BCUT2D eigenvalue weighted by Gasteiger charge is 2.60. The van der Waals surface area contributed by atoms with Crippen molar-refractivity contribution in [2.45, 2.75) is 26.3 Å². The van der Waals surface area contributed by atoms with Gasteiger partial charge in [0, 0.05) is 19.6 Å². The molecule has 3 aromatic carbocycles. The highest BCUT2D eigenvalue weighted by Crippen LogP contribution is 2.44. The molecular formula is C26H30N2O2SSi. The zero-order chi connectivity index (χ0) is 23.1. The van der Waals surface area contributed by atoms with E-state index in [9.17, 15) is 8.42 Å². The summed E-state index contributed by atoms with van der Waals surface area (Å²) in [6, 6.07) is 30.5. The van der Waals surface area contributed by atoms with E-state index in [2.05, 4.69) is 36.4 Å². The van der Waals surface area contributed by atoms with Crippen molar-refractivity contribution in [1.29, 1.82) is 0 Å². The molecular weight excluding hydrogens is 432 g/mol. The minimum absolute atomic E-state index is 0.550. The molecule has 166 valence electrons. The van der Waals surface area contributed by atoms with E-state index in [-0.39, 0.29) is 0 Å². The van der Waals surface area contributed by atoms with Crippen molar-refractivity contribution in [3.05, 3.63) is 101 Å². The molecule has 1 aliphatic heterocycles. The first-order valence-electron chi connectivity index (χ1n) is 10.8. The van der Waals surface area contributed by atoms with Crippen LogP contribution < -0.4 is 15.6 Å². The van der Waals surface area contributed by atoms with Crippen molar-refractivity contribution >= 4 is 33.7 Å². The Labute approximate surface area is 192 Å². The van der Waals surface area contributed by atoms with Crippen molar-refractivity contribution in [1.82, 2.24) is 9.21 Å². The zero-order valence-corrected chi connectivity index (χ0v) is 21.1. The molecule has 1 heterocycles. The summed E-state index contributed by atoms with van der Waals surface area (Å²) < 4.78 is 30.4. The molecule has 0 saturated carbocycles. The third-order valence-electron chi connectivity index (χ3n) is 5.89. The van der Waals surface area contributed by atoms with Gasteiger partial charge >= 0.3 is 0 Å². The van der Waals surface area contributed by atoms with Crippen LogP contribution in [0.1, 0.15) is 20.8 Å². The zero-order valence-electron chi connectivity index (χ0n) is 19.3. The molecule has 4 rings (SSSR count). The number of rotatable bonds is 5. The summed E-state index contributed by atoms with van der Waals surface area (Å²) in [5.41, 5.74) is -0.563. The Bertz CT molecular complexity index is 1140. The molecule has 0 spiro atoms. The predicted molar refractivity (Wildman–Crippen MR) is 135 cm³/mol. The summed E-state index contributed by atoms with van der Waals surface area (Å²) in [4.78, 5) is 1.96. The lowest BCUT2D eigenvalue weighted by molar-refractivity contribution is 0.226. The van der Waals surface area contributed by atoms with Gasteiger partial charge in [-0.2, -0.15) is 0 Å². The molecule has 0 saturated heterocycles. The second-order valence-electron chi connectivity index (χ2n) is 9.34. The predicted octanol–water partition coefficient (Wildman–Crippen LogP) is 2.87. The quantitative estimate of drug-likeness (QED) is 0.432. The number of hydrogen-bond acceptors (Lipinski definition) is 3. The summed E-state index contributed by atoms with van der Waals surface area (Å²) in [5, 5.41) is 3.18. The highest BCUT2D eigenvalue weighted by molar-refractivity contribution is 7.97. The van der Waals surface area contributed by atoms with Crippen molar-refractivity contribution < 1.29 is 8.42 Å². The summed E-state index contributed by atoms with van der Waals surface area (Å²) >= 11 is 0. The molecule has 4 nitrogen and oxygen atoms in total. The van der Waals surface area contributed by atoms with Crippen LogP contribution >= 0.6 is 0 Å². The Hall–Kier alpha value is -2.83. The van der Waals surface area contributed by atoms with Crippen molar-refractivity contribution in [2.24, 2.45) is 0 Å². The number of nitrogens with zero attached hydrogens (tertiary/aromatic N) is 2. The summed E-state index contributed by atoms with van der Waals surface area (Å²) in [5.74, 6) is 0.778. The largest absolute Gasteiger partial charge is 0.363 e. The Morgan fingerprint density at radius 3 is 1.31 bits per heavy atom. The maximum Gasteiger partial charge on any atom is 0.262 e. The van der Waals surface area contributed by atoms with Gasteiger partial charge in [-0.25, -0.2) is 12.7 Å². The topological polar surface area (TPSA) is 40.6 Å². The number of sulfonamides is 1. The lowest BCUT2D eigenvalue weighted by Crippen LogP contribution is -2.75. The average molecular weight is 463 g/mol. The summed E-state index contributed by atoms with van der Waals surface area (Å²) in [7, 11) is -2.93. The van der Waals surface area contributed by atoms with Gasteiger partial charge in [0.1, 0.15) is 10.3 Å². The molecule has 0 bridgehead atoms. The normalized spacial score (nSPS) is 16.0. The lowest BCUT2D eigenvalue weighted by Gasteiger charge is -2.52. The first kappa shape index (κ1) is 22.4. The van der Waals surface area contributed by atoms with E-state index in [1.807, 2.05) is 94.4 Å². The fourth-order valence-corrected chi connectivity index (χ4v) is 14.0. The van der Waals surface area contributed by atoms with Gasteiger partial charge < -0.3 is 4.90 Å². The van der Waals surface area contributed by atoms with Gasteiger partial charge in [-0.15, -0.1) is 0 Å². The van der Waals surface area contributed by atoms with Gasteiger partial charge in [0.05, 0.1) is 0 Å². The molecule has 0 N–H and O–H groups in total. The highest BCUT2D eigenvalue weighted by atomic mass is 32.2. The molecule has 0 amide bonds. The third kappa shape index (κ3) is 3.29. The third-order valence-corrected chi connectivity index (χ3v) is 14.0. The van der Waals surface area contributed by atoms with E-state index < -0.39 is 23.6 Å². The minimum Gasteiger partial charge on any atom is -0.363 e. The smallest absolute Gasteiger partial charge is 0.262 e. The van der Waals surface area contributed by atoms with Gasteiger partial charge in [-0.1, -0.05) is 91.0 Å². The second kappa shape index (κ2) is 7.94. The molecule has 0 aliphatic carbocycles. The van der Waals surface area contributed by atoms with E-state index in [4.69, 9.17) is 0 Å². The van der Waals surface area contributed by atoms with Crippen LogP contribution in [0.25, 0.3) is 0 Å². The summed E-state index contributed by atoms with van der Waals surface area (Å²) in [6.07, 6.45) is 0. The van der Waals surface area contributed by atoms with Gasteiger partial charge in [0.25, 0.3) is 10.0 Å². The monoisotopic (exact) mass is 462 g/mol. The van der Waals surface area contributed by atoms with Crippen LogP contribution in [0.3, 0.4) is 0 Å². The molecule has 6 heteroatoms. The van der Waals surface area contributed by atoms with Crippen LogP contribution in [0.5, 0.6) is 0 Å². The summed E-state index contributed by atoms with van der Waals surface area (Å²) in [6.45, 7) is 5.84. The molecule has 0 atom stereocenters. The van der Waals surface area contributed by atoms with Crippen molar-refractivity contribution in [2.75, 3.05) is 14.1 Å². The molecule has 0 aromatic heterocycles. The van der Waals surface area contributed by atoms with E-state index in [1.165, 1.54) is 0 Å². The average Bonchev–Trinajstić information content (AvgIpc) is 2.76. The van der Waals surface area contributed by atoms with Gasteiger partial charge in [0.2, 0.25) is 8.07 Å². The first-order chi connectivity index (χ1) is 15.1. The van der Waals surface area contributed by atoms with Crippen LogP contribution in [0.15, 0.2) is 101 Å². The standard InChI is InChI=1S/C26H30N2O2SSi/c1-26(2,3)28-24(27(4)5)25(31(28,29)30)32(21-15-9-6-10-16-21,22-17-11-7-12-18-22)23-19-13-8-14-20-23/h6-20H,1-5H3. The minimum atomic E-state index is -3.68. The Balaban J connectivity index is 2.23. The van der Waals surface area contributed by atoms with Crippen LogP contribution in [0.2, 0.25) is 0 Å². The Morgan fingerprint density at radius 1 is 0.688 bits per heavy atom. The van der Waals surface area contributed by atoms with Gasteiger partial charge in [0.15, 0.2) is 0 Å². The molecule has 1 aliphatic rings. The van der Waals surface area contributed by atoms with E-state index in [1.54, 1.807) is 4.31 Å². The fourth-order valence-electron chi connectivity index (χ4n) is 4.76. The Kier molecular flexibility index (Phi) is 5.55. The van der Waals surface area contributed by atoms with Gasteiger partial charge in [-0.05, 0) is 36.3 Å². The first-order valence-corrected chi connectivity index (χ1v) is 14.2. The maximum atomic E-state index is 14.2. The van der Waals surface area contributed by atoms with E-state index >= 15 is 0 Å². The van der Waals surface area contributed by atoms with E-state index in [0.717, 1.165) is 21.4 Å². The van der Waals surface area contributed by atoms with Crippen LogP contribution in [0, 0.1) is 0 Å². The van der Waals surface area contributed by atoms with Crippen LogP contribution in [0.4, 0.5) is 0 Å². The van der Waals surface area contributed by atoms with Crippen molar-refractivity contribution in [3.8, 4) is 0 Å². The van der Waals surface area contributed by atoms with Crippen molar-refractivity contribution in [3.63, 3.8) is 0 Å². The molecule has 3 aromatic rings. The SMILES string of the molecule is CN(C)C1=C([Si](c2ccccc2)(c2ccccc2)c2ccccc2)S(=O)(=O)N1C(C)(C)C. The van der Waals surface area contributed by atoms with Crippen LogP contribution in [-0.4, -0.2) is 45.3 Å². The second-order valence-corrected chi connectivity index (χ2v) is 15.2. The fraction of sp³-hybridized carbons (Fsp3) is 0.231. The molecule has 32 heavy (non-hydrogen) atoms. The maximum absolute atomic E-state index is 14.2. The Morgan fingerprint density at radius 2 is 1.03 bits per heavy atom. The number of benzene rings is 3. The number of hydrogen-bond donors (Lipinski definition) is 0. The molecule has 0 fully saturated rings. The molecule has 0 radical (unpaired) electrons.